The van der Waals surface area contributed by atoms with Crippen LogP contribution in [0.5, 0.6) is 0 Å². The number of esters is 2. The number of nitrogens with zero attached hydrogens (tertiary/aromatic N) is 1. The predicted molar refractivity (Wildman–Crippen MR) is 32.0 cm³/mol. The van der Waals surface area contributed by atoms with Crippen LogP contribution >= 0.6 is 0 Å². The maximum atomic E-state index is 11.2. The Hall–Kier alpha value is -2.08. The first-order valence-electron chi connectivity index (χ1n) is 3.02. The van der Waals surface area contributed by atoms with Crippen LogP contribution in [-0.4, -0.2) is 34.6 Å². The number of ether oxygens (including phenoxy) is 1. The van der Waals surface area contributed by atoms with Crippen LogP contribution in [0.25, 0.3) is 0 Å². The molecule has 0 heterocycles. The first-order chi connectivity index (χ1) is 7.28. The molecule has 0 atom stereocenters. The third-order valence-electron chi connectivity index (χ3n) is 0.648. The van der Waals surface area contributed by atoms with Gasteiger partial charge in [0.2, 0.25) is 0 Å². The number of carbonyl (C=O) groups is 2. The summed E-state index contributed by atoms with van der Waals surface area (Å²) in [6, 6.07) is 0. The van der Waals surface area contributed by atoms with Gasteiger partial charge in [0, 0.05) is 0 Å². The second-order valence-corrected chi connectivity index (χ2v) is 1.91. The van der Waals surface area contributed by atoms with E-state index in [0.29, 0.717) is 0 Å². The van der Waals surface area contributed by atoms with Gasteiger partial charge in [0.05, 0.1) is 0 Å². The average molecular weight is 273 g/mol. The number of alkyl halides is 6. The fourth-order valence-electron chi connectivity index (χ4n) is 0.200. The molecule has 0 spiro atoms. The maximum Gasteiger partial charge on any atom is 0.491 e. The quantitative estimate of drug-likeness (QED) is 0.230. The van der Waals surface area contributed by atoms with Crippen molar-refractivity contribution in [3.63, 3.8) is 0 Å². The van der Waals surface area contributed by atoms with E-state index in [4.69, 9.17) is 15.3 Å². The van der Waals surface area contributed by atoms with Gasteiger partial charge in [-0.3, -0.25) is 0 Å². The van der Waals surface area contributed by atoms with Gasteiger partial charge in [-0.1, -0.05) is 0 Å². The summed E-state index contributed by atoms with van der Waals surface area (Å²) in [7, 11) is 0. The second-order valence-electron chi connectivity index (χ2n) is 1.91. The number of hydrogen-bond acceptors (Lipinski definition) is 5. The first kappa shape index (κ1) is 17.3. The van der Waals surface area contributed by atoms with E-state index >= 15 is 0 Å². The van der Waals surface area contributed by atoms with E-state index in [2.05, 4.69) is 4.74 Å². The lowest BCUT2D eigenvalue weighted by atomic mass is 10.6. The maximum absolute atomic E-state index is 11.2. The minimum Gasteiger partial charge on any atom is -0.380 e. The molecule has 1 N–H and O–H groups in total. The minimum absolute atomic E-state index is 1.50. The average Bonchev–Trinajstić information content (AvgIpc) is 1.98. The van der Waals surface area contributed by atoms with Gasteiger partial charge in [0.25, 0.3) is 5.09 Å². The lowest BCUT2D eigenvalue weighted by Gasteiger charge is -2.06. The van der Waals surface area contributed by atoms with E-state index < -0.39 is 29.4 Å². The molecular formula is C4HF6NO6. The molecule has 0 aliphatic rings. The van der Waals surface area contributed by atoms with Crippen LogP contribution in [0, 0.1) is 10.1 Å². The Kier molecular flexibility index (Phi) is 5.97. The molecule has 0 saturated heterocycles. The molecule has 0 saturated carbocycles. The summed E-state index contributed by atoms with van der Waals surface area (Å²) in [5, 5.41) is 13.6. The molecule has 0 aromatic heterocycles. The van der Waals surface area contributed by atoms with Crippen molar-refractivity contribution < 1.29 is 51.0 Å². The van der Waals surface area contributed by atoms with Crippen LogP contribution < -0.4 is 0 Å². The van der Waals surface area contributed by atoms with Crippen molar-refractivity contribution in [3.8, 4) is 0 Å². The van der Waals surface area contributed by atoms with Crippen molar-refractivity contribution >= 4 is 11.9 Å². The minimum atomic E-state index is -5.62. The van der Waals surface area contributed by atoms with Gasteiger partial charge in [-0.25, -0.2) is 9.59 Å². The lowest BCUT2D eigenvalue weighted by molar-refractivity contribution is -0.742. The second kappa shape index (κ2) is 5.86. The van der Waals surface area contributed by atoms with E-state index in [1.165, 1.54) is 0 Å². The highest BCUT2D eigenvalue weighted by molar-refractivity contribution is 5.90. The van der Waals surface area contributed by atoms with Crippen molar-refractivity contribution in [2.75, 3.05) is 0 Å². The van der Waals surface area contributed by atoms with Crippen molar-refractivity contribution in [2.45, 2.75) is 12.4 Å². The summed E-state index contributed by atoms with van der Waals surface area (Å²) in [4.78, 5) is 27.7. The SMILES string of the molecule is O=C(OC(=O)C(F)(F)F)C(F)(F)F.O=[N+]([O-])O. The molecule has 0 amide bonds. The van der Waals surface area contributed by atoms with Crippen LogP contribution in [-0.2, 0) is 14.3 Å². The number of halogens is 6. The molecule has 0 aliphatic heterocycles. The molecule has 13 heteroatoms. The fraction of sp³-hybridized carbons (Fsp3) is 0.500. The summed E-state index contributed by atoms with van der Waals surface area (Å²) < 4.78 is 69.7. The standard InChI is InChI=1S/C4F6O3.HNO3/c5-3(6,7)1(11)13-2(12)4(8,9)10;2-1(3)4/h;(H,2,3,4). The molecule has 0 radical (unpaired) electrons. The monoisotopic (exact) mass is 273 g/mol. The topological polar surface area (TPSA) is 107 Å². The Morgan fingerprint density at radius 2 is 1.18 bits per heavy atom. The highest BCUT2D eigenvalue weighted by Crippen LogP contribution is 2.21. The Morgan fingerprint density at radius 3 is 1.29 bits per heavy atom. The van der Waals surface area contributed by atoms with Crippen molar-refractivity contribution in [3.05, 3.63) is 10.1 Å². The smallest absolute Gasteiger partial charge is 0.380 e. The molecule has 0 aliphatic carbocycles. The molecule has 7 nitrogen and oxygen atoms in total. The molecule has 0 aromatic rings. The Labute approximate surface area is 86.7 Å². The Balaban J connectivity index is 0. The summed E-state index contributed by atoms with van der Waals surface area (Å²) in [6.45, 7) is 0. The molecular weight excluding hydrogens is 272 g/mol. The Morgan fingerprint density at radius 1 is 1.00 bits per heavy atom. The highest BCUT2D eigenvalue weighted by atomic mass is 19.4. The molecule has 100 valence electrons. The Bertz CT molecular complexity index is 279. The summed E-state index contributed by atoms with van der Waals surface area (Å²) in [6.07, 6.45) is -11.2. The first-order valence-corrected chi connectivity index (χ1v) is 3.02. The number of rotatable bonds is 0. The van der Waals surface area contributed by atoms with Crippen LogP contribution in [0.3, 0.4) is 0 Å². The largest absolute Gasteiger partial charge is 0.491 e. The third-order valence-corrected chi connectivity index (χ3v) is 0.648. The van der Waals surface area contributed by atoms with Crippen LogP contribution in [0.15, 0.2) is 0 Å². The molecule has 0 rings (SSSR count). The highest BCUT2D eigenvalue weighted by Gasteiger charge is 2.49. The molecule has 17 heavy (non-hydrogen) atoms. The van der Waals surface area contributed by atoms with Gasteiger partial charge in [-0.05, 0) is 0 Å². The number of hydrogen-bond donors (Lipinski definition) is 1. The van der Waals surface area contributed by atoms with Gasteiger partial charge in [0.1, 0.15) is 0 Å². The third kappa shape index (κ3) is 10.2. The van der Waals surface area contributed by atoms with Gasteiger partial charge in [-0.15, -0.1) is 10.1 Å². The van der Waals surface area contributed by atoms with E-state index in [-0.39, 0.29) is 0 Å². The lowest BCUT2D eigenvalue weighted by Crippen LogP contribution is -2.34. The zero-order valence-electron chi connectivity index (χ0n) is 7.20. The predicted octanol–water partition coefficient (Wildman–Crippen LogP) is 0.833. The van der Waals surface area contributed by atoms with E-state index in [1.807, 2.05) is 0 Å². The van der Waals surface area contributed by atoms with Crippen LogP contribution in [0.2, 0.25) is 0 Å². The van der Waals surface area contributed by atoms with E-state index in [0.717, 1.165) is 0 Å². The van der Waals surface area contributed by atoms with Crippen LogP contribution in [0.4, 0.5) is 26.3 Å². The normalized spacial score (nSPS) is 10.9. The molecule has 0 unspecified atom stereocenters. The summed E-state index contributed by atoms with van der Waals surface area (Å²) >= 11 is 0. The summed E-state index contributed by atoms with van der Waals surface area (Å²) in [5.41, 5.74) is 0. The van der Waals surface area contributed by atoms with Crippen molar-refractivity contribution in [1.29, 1.82) is 0 Å². The molecule has 0 fully saturated rings. The summed E-state index contributed by atoms with van der Waals surface area (Å²) in [5.74, 6) is -6.40. The van der Waals surface area contributed by atoms with E-state index in [1.54, 1.807) is 0 Å². The number of carbonyl (C=O) groups excluding carboxylic acids is 2. The zero-order chi connectivity index (χ0) is 14.4. The molecule has 0 aromatic carbocycles. The van der Waals surface area contributed by atoms with Gasteiger partial charge < -0.3 is 9.94 Å². The molecule has 0 bridgehead atoms. The van der Waals surface area contributed by atoms with Crippen molar-refractivity contribution in [2.24, 2.45) is 0 Å². The van der Waals surface area contributed by atoms with Gasteiger partial charge >= 0.3 is 24.3 Å². The van der Waals surface area contributed by atoms with Gasteiger partial charge in [-0.2, -0.15) is 26.3 Å². The fourth-order valence-corrected chi connectivity index (χ4v) is 0.200. The zero-order valence-corrected chi connectivity index (χ0v) is 7.20. The van der Waals surface area contributed by atoms with E-state index in [9.17, 15) is 35.9 Å². The van der Waals surface area contributed by atoms with Crippen molar-refractivity contribution in [1.82, 2.24) is 0 Å². The van der Waals surface area contributed by atoms with Crippen LogP contribution in [0.1, 0.15) is 0 Å². The van der Waals surface area contributed by atoms with Gasteiger partial charge in [0.15, 0.2) is 0 Å².